The number of methoxy groups -OCH3 is 2. The van der Waals surface area contributed by atoms with Crippen LogP contribution in [0.25, 0.3) is 0 Å². The van der Waals surface area contributed by atoms with E-state index in [1.165, 1.54) is 0 Å². The van der Waals surface area contributed by atoms with E-state index in [1.54, 1.807) is 14.2 Å². The predicted molar refractivity (Wildman–Crippen MR) is 43.3 cm³/mol. The Morgan fingerprint density at radius 2 is 1.91 bits per heavy atom. The Hall–Kier alpha value is -0.120. The van der Waals surface area contributed by atoms with E-state index >= 15 is 0 Å². The molecule has 1 aliphatic heterocycles. The van der Waals surface area contributed by atoms with Crippen LogP contribution in [0.1, 0.15) is 6.92 Å². The Balaban J connectivity index is 2.43. The van der Waals surface area contributed by atoms with Crippen molar-refractivity contribution in [1.29, 1.82) is 0 Å². The van der Waals surface area contributed by atoms with Crippen molar-refractivity contribution >= 4 is 0 Å². The Bertz CT molecular complexity index is 115. The van der Waals surface area contributed by atoms with Crippen LogP contribution in [0.15, 0.2) is 0 Å². The van der Waals surface area contributed by atoms with Crippen molar-refractivity contribution < 1.29 is 9.47 Å². The van der Waals surface area contributed by atoms with Crippen molar-refractivity contribution in [3.05, 3.63) is 0 Å². The average molecular weight is 159 g/mol. The molecule has 0 radical (unpaired) electrons. The summed E-state index contributed by atoms with van der Waals surface area (Å²) in [7, 11) is 3.39. The van der Waals surface area contributed by atoms with Gasteiger partial charge in [-0.25, -0.2) is 0 Å². The first-order valence-electron chi connectivity index (χ1n) is 4.06. The van der Waals surface area contributed by atoms with Gasteiger partial charge in [-0.15, -0.1) is 0 Å². The minimum Gasteiger partial charge on any atom is -0.356 e. The lowest BCUT2D eigenvalue weighted by Crippen LogP contribution is -2.29. The monoisotopic (exact) mass is 159 g/mol. The summed E-state index contributed by atoms with van der Waals surface area (Å²) < 4.78 is 10.4. The highest BCUT2D eigenvalue weighted by atomic mass is 16.7. The van der Waals surface area contributed by atoms with E-state index in [-0.39, 0.29) is 6.29 Å². The van der Waals surface area contributed by atoms with Gasteiger partial charge in [0.15, 0.2) is 6.29 Å². The van der Waals surface area contributed by atoms with Crippen LogP contribution in [0, 0.1) is 11.8 Å². The molecule has 0 aromatic heterocycles. The van der Waals surface area contributed by atoms with Crippen LogP contribution in [-0.2, 0) is 9.47 Å². The van der Waals surface area contributed by atoms with E-state index in [9.17, 15) is 0 Å². The van der Waals surface area contributed by atoms with Crippen molar-refractivity contribution in [2.75, 3.05) is 27.3 Å². The normalized spacial score (nSPS) is 31.6. The molecule has 0 amide bonds. The molecular weight excluding hydrogens is 142 g/mol. The number of ether oxygens (including phenoxy) is 2. The van der Waals surface area contributed by atoms with Crippen LogP contribution in [0.2, 0.25) is 0 Å². The summed E-state index contributed by atoms with van der Waals surface area (Å²) in [5.74, 6) is 1.16. The summed E-state index contributed by atoms with van der Waals surface area (Å²) in [6.07, 6.45) is -0.0417. The molecule has 0 aromatic rings. The second-order valence-electron chi connectivity index (χ2n) is 3.14. The van der Waals surface area contributed by atoms with E-state index in [0.717, 1.165) is 13.1 Å². The molecule has 0 aromatic carbocycles. The lowest BCUT2D eigenvalue weighted by molar-refractivity contribution is -0.139. The van der Waals surface area contributed by atoms with Gasteiger partial charge in [0.1, 0.15) is 0 Å². The smallest absolute Gasteiger partial charge is 0.161 e. The largest absolute Gasteiger partial charge is 0.356 e. The predicted octanol–water partition coefficient (Wildman–Crippen LogP) is 0.461. The minimum absolute atomic E-state index is 0.0417. The van der Waals surface area contributed by atoms with Crippen molar-refractivity contribution in [2.45, 2.75) is 13.2 Å². The van der Waals surface area contributed by atoms with Crippen LogP contribution in [0.5, 0.6) is 0 Å². The molecule has 1 fully saturated rings. The first-order valence-corrected chi connectivity index (χ1v) is 4.06. The second-order valence-corrected chi connectivity index (χ2v) is 3.14. The van der Waals surface area contributed by atoms with Gasteiger partial charge in [0.05, 0.1) is 0 Å². The topological polar surface area (TPSA) is 30.5 Å². The Morgan fingerprint density at radius 3 is 2.27 bits per heavy atom. The summed E-state index contributed by atoms with van der Waals surface area (Å²) >= 11 is 0. The third-order valence-corrected chi connectivity index (χ3v) is 2.39. The first kappa shape index (κ1) is 8.97. The van der Waals surface area contributed by atoms with Crippen LogP contribution in [-0.4, -0.2) is 33.6 Å². The Labute approximate surface area is 68.1 Å². The molecule has 1 N–H and O–H groups in total. The number of hydrogen-bond donors (Lipinski definition) is 1. The quantitative estimate of drug-likeness (QED) is 0.607. The van der Waals surface area contributed by atoms with Crippen molar-refractivity contribution in [2.24, 2.45) is 11.8 Å². The van der Waals surface area contributed by atoms with Crippen molar-refractivity contribution in [1.82, 2.24) is 5.32 Å². The second kappa shape index (κ2) is 4.04. The zero-order chi connectivity index (χ0) is 8.27. The lowest BCUT2D eigenvalue weighted by atomic mass is 9.98. The molecule has 11 heavy (non-hydrogen) atoms. The fourth-order valence-electron chi connectivity index (χ4n) is 1.64. The molecule has 3 heteroatoms. The van der Waals surface area contributed by atoms with Crippen molar-refractivity contribution in [3.63, 3.8) is 0 Å². The first-order chi connectivity index (χ1) is 5.29. The summed E-state index contributed by atoms with van der Waals surface area (Å²) in [6.45, 7) is 4.30. The van der Waals surface area contributed by atoms with Crippen LogP contribution < -0.4 is 5.32 Å². The average Bonchev–Trinajstić information content (AvgIpc) is 2.40. The summed E-state index contributed by atoms with van der Waals surface area (Å²) in [5.41, 5.74) is 0. The third-order valence-electron chi connectivity index (χ3n) is 2.39. The minimum atomic E-state index is -0.0417. The molecular formula is C8H17NO2. The maximum atomic E-state index is 5.19. The summed E-state index contributed by atoms with van der Waals surface area (Å²) in [4.78, 5) is 0. The van der Waals surface area contributed by atoms with E-state index in [4.69, 9.17) is 9.47 Å². The molecule has 1 saturated heterocycles. The fraction of sp³-hybridized carbons (Fsp3) is 1.00. The van der Waals surface area contributed by atoms with Gasteiger partial charge in [-0.05, 0) is 12.5 Å². The van der Waals surface area contributed by atoms with Gasteiger partial charge >= 0.3 is 0 Å². The molecule has 66 valence electrons. The van der Waals surface area contributed by atoms with Gasteiger partial charge in [0.25, 0.3) is 0 Å². The maximum Gasteiger partial charge on any atom is 0.161 e. The number of nitrogens with one attached hydrogen (secondary N) is 1. The highest BCUT2D eigenvalue weighted by Gasteiger charge is 2.30. The fourth-order valence-corrected chi connectivity index (χ4v) is 1.64. The van der Waals surface area contributed by atoms with E-state index in [0.29, 0.717) is 11.8 Å². The van der Waals surface area contributed by atoms with E-state index in [1.807, 2.05) is 0 Å². The molecule has 3 nitrogen and oxygen atoms in total. The van der Waals surface area contributed by atoms with Gasteiger partial charge in [-0.1, -0.05) is 6.92 Å². The highest BCUT2D eigenvalue weighted by Crippen LogP contribution is 2.21. The lowest BCUT2D eigenvalue weighted by Gasteiger charge is -2.22. The van der Waals surface area contributed by atoms with E-state index < -0.39 is 0 Å². The number of rotatable bonds is 3. The molecule has 1 rings (SSSR count). The summed E-state index contributed by atoms with van der Waals surface area (Å²) in [5, 5.41) is 3.31. The zero-order valence-electron chi connectivity index (χ0n) is 7.46. The van der Waals surface area contributed by atoms with Crippen molar-refractivity contribution in [3.8, 4) is 0 Å². The molecule has 2 atom stereocenters. The van der Waals surface area contributed by atoms with Gasteiger partial charge < -0.3 is 14.8 Å². The molecule has 0 saturated carbocycles. The molecule has 1 heterocycles. The number of hydrogen-bond acceptors (Lipinski definition) is 3. The SMILES string of the molecule is COC(OC)[C@H]1CNC[C@@H]1C. The Morgan fingerprint density at radius 1 is 1.27 bits per heavy atom. The van der Waals surface area contributed by atoms with Gasteiger partial charge in [0, 0.05) is 26.7 Å². The molecule has 0 aliphatic carbocycles. The molecule has 0 bridgehead atoms. The van der Waals surface area contributed by atoms with Crippen LogP contribution >= 0.6 is 0 Å². The van der Waals surface area contributed by atoms with E-state index in [2.05, 4.69) is 12.2 Å². The third kappa shape index (κ3) is 1.92. The van der Waals surface area contributed by atoms with Crippen LogP contribution in [0.3, 0.4) is 0 Å². The highest BCUT2D eigenvalue weighted by molar-refractivity contribution is 4.80. The molecule has 0 spiro atoms. The standard InChI is InChI=1S/C8H17NO2/c1-6-4-9-5-7(6)8(10-2)11-3/h6-9H,4-5H2,1-3H3/t6-,7-/m0/s1. The van der Waals surface area contributed by atoms with Gasteiger partial charge in [-0.3, -0.25) is 0 Å². The maximum absolute atomic E-state index is 5.19. The molecule has 1 aliphatic rings. The molecule has 0 unspecified atom stereocenters. The Kier molecular flexibility index (Phi) is 3.30. The van der Waals surface area contributed by atoms with Gasteiger partial charge in [-0.2, -0.15) is 0 Å². The van der Waals surface area contributed by atoms with Crippen LogP contribution in [0.4, 0.5) is 0 Å². The zero-order valence-corrected chi connectivity index (χ0v) is 7.46. The van der Waals surface area contributed by atoms with Gasteiger partial charge in [0.2, 0.25) is 0 Å². The summed E-state index contributed by atoms with van der Waals surface area (Å²) in [6, 6.07) is 0.